The van der Waals surface area contributed by atoms with Crippen molar-refractivity contribution in [2.75, 3.05) is 0 Å². The van der Waals surface area contributed by atoms with Crippen LogP contribution in [0.3, 0.4) is 0 Å². The average Bonchev–Trinajstić information content (AvgIpc) is 3.23. The van der Waals surface area contributed by atoms with Crippen molar-refractivity contribution in [1.82, 2.24) is 9.97 Å². The summed E-state index contributed by atoms with van der Waals surface area (Å²) >= 11 is 0.349. The fourth-order valence-electron chi connectivity index (χ4n) is 3.30. The van der Waals surface area contributed by atoms with E-state index in [2.05, 4.69) is 91.4 Å². The summed E-state index contributed by atoms with van der Waals surface area (Å²) in [5.74, 6) is 0.848. The first-order chi connectivity index (χ1) is 13.5. The monoisotopic (exact) mass is 432 g/mol. The molecule has 0 N–H and O–H groups in total. The van der Waals surface area contributed by atoms with Gasteiger partial charge in [0.1, 0.15) is 0 Å². The van der Waals surface area contributed by atoms with Gasteiger partial charge in [-0.1, -0.05) is 20.8 Å². The molecule has 0 saturated heterocycles. The van der Waals surface area contributed by atoms with Crippen LogP contribution in [0.1, 0.15) is 26.3 Å². The summed E-state index contributed by atoms with van der Waals surface area (Å²) < 4.78 is 1.24. The van der Waals surface area contributed by atoms with E-state index in [0.29, 0.717) is 19.9 Å². The fraction of sp³-hybridized carbons (Fsp3) is 0.200. The van der Waals surface area contributed by atoms with E-state index in [9.17, 15) is 0 Å². The van der Waals surface area contributed by atoms with Crippen LogP contribution in [0, 0.1) is 5.41 Å². The molecule has 0 atom stereocenters. The summed E-state index contributed by atoms with van der Waals surface area (Å²) in [5.41, 5.74) is 6.27. The molecule has 28 heavy (non-hydrogen) atoms. The Morgan fingerprint density at radius 2 is 1.43 bits per heavy atom. The van der Waals surface area contributed by atoms with Crippen molar-refractivity contribution < 1.29 is 0 Å². The van der Waals surface area contributed by atoms with E-state index in [0.717, 1.165) is 23.5 Å². The summed E-state index contributed by atoms with van der Waals surface area (Å²) in [5, 5.41) is 0. The normalized spacial score (nSPS) is 11.5. The summed E-state index contributed by atoms with van der Waals surface area (Å²) in [6.45, 7) is 6.83. The first-order valence-corrected chi connectivity index (χ1v) is 11.4. The molecule has 4 rings (SSSR count). The Bertz CT molecular complexity index is 1040. The zero-order chi connectivity index (χ0) is 19.6. The molecule has 0 fully saturated rings. The number of benzene rings is 2. The molecule has 0 amide bonds. The van der Waals surface area contributed by atoms with Gasteiger partial charge in [0.25, 0.3) is 0 Å². The second-order valence-electron chi connectivity index (χ2n) is 8.25. The summed E-state index contributed by atoms with van der Waals surface area (Å²) in [4.78, 5) is 11.4. The summed E-state index contributed by atoms with van der Waals surface area (Å²) in [6, 6.07) is 23.8. The molecule has 0 aliphatic rings. The number of aromatic nitrogens is 2. The molecule has 0 aliphatic heterocycles. The van der Waals surface area contributed by atoms with Crippen molar-refractivity contribution >= 4 is 14.5 Å². The quantitative estimate of drug-likeness (QED) is 0.364. The number of hydrogen-bond donors (Lipinski definition) is 0. The van der Waals surface area contributed by atoms with E-state index in [-0.39, 0.29) is 0 Å². The van der Waals surface area contributed by atoms with Crippen molar-refractivity contribution in [2.24, 2.45) is 5.41 Å². The Morgan fingerprint density at radius 3 is 2.04 bits per heavy atom. The van der Waals surface area contributed by atoms with Gasteiger partial charge in [-0.2, -0.15) is 0 Å². The Balaban J connectivity index is 1.55. The number of rotatable bonds is 4. The number of hydrogen-bond acceptors (Lipinski definition) is 2. The first-order valence-electron chi connectivity index (χ1n) is 9.55. The Kier molecular flexibility index (Phi) is 5.30. The summed E-state index contributed by atoms with van der Waals surface area (Å²) in [6.07, 6.45) is 2.95. The molecule has 2 nitrogen and oxygen atoms in total. The third kappa shape index (κ3) is 4.49. The SMILES string of the molecule is CC(C)(C)Cc1ccc(-c2ccc(-c3ccnc(-c4ccc[se]4)n3)cc2)cc1. The van der Waals surface area contributed by atoms with Crippen molar-refractivity contribution in [2.45, 2.75) is 27.2 Å². The molecule has 3 heteroatoms. The van der Waals surface area contributed by atoms with Gasteiger partial charge in [-0.15, -0.1) is 0 Å². The molecular weight excluding hydrogens is 407 g/mol. The maximum atomic E-state index is 4.77. The van der Waals surface area contributed by atoms with Crippen LogP contribution in [-0.2, 0) is 6.42 Å². The topological polar surface area (TPSA) is 25.8 Å². The second-order valence-corrected chi connectivity index (χ2v) is 10.2. The van der Waals surface area contributed by atoms with Crippen LogP contribution >= 0.6 is 0 Å². The predicted octanol–water partition coefficient (Wildman–Crippen LogP) is 6.12. The first kappa shape index (κ1) is 18.9. The Hall–Kier alpha value is -2.48. The fourth-order valence-corrected chi connectivity index (χ4v) is 4.70. The molecule has 4 aromatic rings. The Labute approximate surface area is 173 Å². The van der Waals surface area contributed by atoms with E-state index in [1.807, 2.05) is 12.3 Å². The molecule has 0 unspecified atom stereocenters. The van der Waals surface area contributed by atoms with Gasteiger partial charge in [-0.3, -0.25) is 0 Å². The molecular formula is C25H24N2Se. The van der Waals surface area contributed by atoms with Crippen LogP contribution in [-0.4, -0.2) is 24.5 Å². The molecule has 0 radical (unpaired) electrons. The van der Waals surface area contributed by atoms with Gasteiger partial charge in [0.15, 0.2) is 0 Å². The van der Waals surface area contributed by atoms with Gasteiger partial charge < -0.3 is 0 Å². The van der Waals surface area contributed by atoms with Crippen molar-refractivity contribution in [3.8, 4) is 32.6 Å². The van der Waals surface area contributed by atoms with Crippen molar-refractivity contribution in [1.29, 1.82) is 0 Å². The minimum absolute atomic E-state index is 0.311. The van der Waals surface area contributed by atoms with Gasteiger partial charge >= 0.3 is 141 Å². The molecule has 0 saturated carbocycles. The van der Waals surface area contributed by atoms with Crippen LogP contribution in [0.25, 0.3) is 32.6 Å². The third-order valence-corrected chi connectivity index (χ3v) is 6.42. The van der Waals surface area contributed by atoms with Gasteiger partial charge in [-0.05, 0) is 11.8 Å². The predicted molar refractivity (Wildman–Crippen MR) is 118 cm³/mol. The van der Waals surface area contributed by atoms with Gasteiger partial charge in [0.05, 0.1) is 0 Å². The van der Waals surface area contributed by atoms with E-state index in [4.69, 9.17) is 4.98 Å². The number of nitrogens with zero attached hydrogens (tertiary/aromatic N) is 2. The van der Waals surface area contributed by atoms with Gasteiger partial charge in [-0.25, -0.2) is 0 Å². The summed E-state index contributed by atoms with van der Waals surface area (Å²) in [7, 11) is 0. The van der Waals surface area contributed by atoms with Crippen LogP contribution in [0.5, 0.6) is 0 Å². The molecule has 0 spiro atoms. The molecule has 0 aliphatic carbocycles. The molecule has 0 bridgehead atoms. The van der Waals surface area contributed by atoms with Crippen LogP contribution in [0.2, 0.25) is 0 Å². The maximum absolute atomic E-state index is 4.77. The van der Waals surface area contributed by atoms with E-state index in [1.165, 1.54) is 21.1 Å². The molecule has 2 aromatic carbocycles. The van der Waals surface area contributed by atoms with Crippen LogP contribution in [0.4, 0.5) is 0 Å². The molecule has 2 heterocycles. The average molecular weight is 431 g/mol. The van der Waals surface area contributed by atoms with E-state index in [1.54, 1.807) is 0 Å². The Morgan fingerprint density at radius 1 is 0.786 bits per heavy atom. The third-order valence-electron chi connectivity index (χ3n) is 4.60. The van der Waals surface area contributed by atoms with Gasteiger partial charge in [0, 0.05) is 0 Å². The second kappa shape index (κ2) is 7.87. The zero-order valence-corrected chi connectivity index (χ0v) is 18.2. The van der Waals surface area contributed by atoms with Crippen molar-refractivity contribution in [3.05, 3.63) is 83.4 Å². The van der Waals surface area contributed by atoms with E-state index < -0.39 is 0 Å². The standard InChI is InChI=1S/C25H24N2Se/c1-25(2,3)17-18-6-8-19(9-7-18)20-10-12-21(13-11-20)22-14-15-26-24(27-22)23-5-4-16-28-23/h4-16H,17H2,1-3H3. The minimum atomic E-state index is 0.311. The van der Waals surface area contributed by atoms with Crippen LogP contribution < -0.4 is 0 Å². The van der Waals surface area contributed by atoms with Crippen LogP contribution in [0.15, 0.2) is 77.9 Å². The van der Waals surface area contributed by atoms with E-state index >= 15 is 0 Å². The molecule has 2 aromatic heterocycles. The molecule has 140 valence electrons. The van der Waals surface area contributed by atoms with Crippen molar-refractivity contribution in [3.63, 3.8) is 0 Å². The van der Waals surface area contributed by atoms with Gasteiger partial charge in [0.2, 0.25) is 0 Å². The zero-order valence-electron chi connectivity index (χ0n) is 16.5.